The van der Waals surface area contributed by atoms with E-state index in [2.05, 4.69) is 10.1 Å². The highest BCUT2D eigenvalue weighted by Gasteiger charge is 2.49. The number of hydrogen-bond donors (Lipinski definition) is 9. The third kappa shape index (κ3) is 10.6. The summed E-state index contributed by atoms with van der Waals surface area (Å²) in [6.45, 7) is 2.99. The van der Waals surface area contributed by atoms with Crippen molar-refractivity contribution in [3.63, 3.8) is 0 Å². The highest BCUT2D eigenvalue weighted by Crippen LogP contribution is 2.48. The summed E-state index contributed by atoms with van der Waals surface area (Å²) in [5.41, 5.74) is 2.05. The zero-order valence-electron chi connectivity index (χ0n) is 39.8. The lowest BCUT2D eigenvalue weighted by molar-refractivity contribution is -0.294. The summed E-state index contributed by atoms with van der Waals surface area (Å²) in [5.74, 6) is -4.11. The van der Waals surface area contributed by atoms with Crippen molar-refractivity contribution in [2.75, 3.05) is 44.6 Å². The average molecular weight is 1070 g/mol. The molecule has 3 aliphatic heterocycles. The number of H-pyrrole nitrogens is 1. The Hall–Kier alpha value is -6.36. The monoisotopic (exact) mass is 1070 g/mol. The van der Waals surface area contributed by atoms with Gasteiger partial charge in [-0.15, -0.1) is 20.0 Å². The normalized spacial score (nSPS) is 26.1. The second-order valence-electron chi connectivity index (χ2n) is 17.8. The summed E-state index contributed by atoms with van der Waals surface area (Å²) >= 11 is 6.57. The van der Waals surface area contributed by atoms with Crippen molar-refractivity contribution in [2.24, 2.45) is 5.16 Å². The highest BCUT2D eigenvalue weighted by molar-refractivity contribution is 7.82. The second kappa shape index (κ2) is 21.8. The van der Waals surface area contributed by atoms with Crippen molar-refractivity contribution in [3.8, 4) is 23.0 Å². The summed E-state index contributed by atoms with van der Waals surface area (Å²) in [4.78, 5) is 50.7. The predicted molar refractivity (Wildman–Crippen MR) is 260 cm³/mol. The summed E-state index contributed by atoms with van der Waals surface area (Å²) in [6.07, 6.45) is -17.4. The molecule has 0 aliphatic carbocycles. The summed E-state index contributed by atoms with van der Waals surface area (Å²) in [7, 11) is -2.27. The van der Waals surface area contributed by atoms with E-state index in [1.54, 1.807) is 42.5 Å². The van der Waals surface area contributed by atoms with Crippen LogP contribution in [-0.4, -0.2) is 184 Å². The van der Waals surface area contributed by atoms with Gasteiger partial charge in [-0.2, -0.15) is 0 Å². The Kier molecular flexibility index (Phi) is 15.9. The Balaban J connectivity index is 1.11. The van der Waals surface area contributed by atoms with Crippen molar-refractivity contribution >= 4 is 72.9 Å². The number of fused-ring (bicyclic) bond motifs is 4. The first-order chi connectivity index (χ1) is 35.2. The maximum absolute atomic E-state index is 14.6. The number of amides is 2. The Morgan fingerprint density at radius 2 is 1.54 bits per heavy atom. The first-order valence-electron chi connectivity index (χ1n) is 23.0. The van der Waals surface area contributed by atoms with Gasteiger partial charge in [0.2, 0.25) is 6.29 Å². The molecular weight excluding hydrogens is 1020 g/mol. The van der Waals surface area contributed by atoms with Crippen molar-refractivity contribution in [1.82, 2.24) is 9.88 Å². The largest absolute Gasteiger partial charge is 0.501 e. The molecular formula is C48H53ClN4O20S. The molecule has 4 aromatic carbocycles. The van der Waals surface area contributed by atoms with Crippen LogP contribution in [0.2, 0.25) is 0 Å². The third-order valence-electron chi connectivity index (χ3n) is 12.8. The number of aliphatic hydroxyl groups is 7. The van der Waals surface area contributed by atoms with Crippen molar-refractivity contribution in [3.05, 3.63) is 89.1 Å². The third-order valence-corrected chi connectivity index (χ3v) is 13.9. The Morgan fingerprint density at radius 1 is 0.838 bits per heavy atom. The van der Waals surface area contributed by atoms with Gasteiger partial charge in [-0.1, -0.05) is 18.1 Å². The van der Waals surface area contributed by atoms with Gasteiger partial charge in [0, 0.05) is 59.9 Å². The number of methoxy groups -OCH3 is 1. The molecule has 2 saturated heterocycles. The van der Waals surface area contributed by atoms with Crippen LogP contribution < -0.4 is 22.7 Å². The number of carbonyl (C=O) groups excluding carboxylic acids is 2. The molecule has 0 spiro atoms. The molecule has 0 radical (unpaired) electrons. The minimum Gasteiger partial charge on any atom is -0.497 e. The molecule has 0 saturated carbocycles. The van der Waals surface area contributed by atoms with Crippen LogP contribution >= 0.6 is 11.6 Å². The molecule has 2 amide bonds. The summed E-state index contributed by atoms with van der Waals surface area (Å²) < 4.78 is 61.6. The SMILES string of the molecule is CCCN(C)C(=O)c1ccc(O[C@@H]2O[C@H](CO)[C@@H](O)[C@H](O)[C@H]2O)c(OS(=O)(=O)Oc2cc3c(c4cc(OC)ccc24)[C@H](CCl)CN3C(=O)c2cc3cc(/C(C)=N/O[C@@H]4O[C@H](C(=O)O)[C@@H](O)[C@H](O)[C@H]4O)ccc3[nH]2)c1. The highest BCUT2D eigenvalue weighted by atomic mass is 35.5. The van der Waals surface area contributed by atoms with Crippen LogP contribution in [0.1, 0.15) is 58.2 Å². The maximum Gasteiger partial charge on any atom is 0.501 e. The molecule has 398 valence electrons. The van der Waals surface area contributed by atoms with Crippen LogP contribution in [0.3, 0.4) is 0 Å². The number of alkyl halides is 1. The number of aromatic amines is 1. The van der Waals surface area contributed by atoms with Gasteiger partial charge in [-0.3, -0.25) is 9.59 Å². The molecule has 1 aromatic heterocycles. The van der Waals surface area contributed by atoms with E-state index in [0.717, 1.165) is 6.07 Å². The lowest BCUT2D eigenvalue weighted by Gasteiger charge is -2.39. The van der Waals surface area contributed by atoms with E-state index >= 15 is 0 Å². The number of nitrogens with one attached hydrogen (secondary N) is 1. The van der Waals surface area contributed by atoms with Gasteiger partial charge in [0.15, 0.2) is 23.4 Å². The smallest absolute Gasteiger partial charge is 0.497 e. The van der Waals surface area contributed by atoms with Crippen LogP contribution in [0.4, 0.5) is 5.69 Å². The van der Waals surface area contributed by atoms with E-state index in [1.165, 1.54) is 49.1 Å². The molecule has 26 heteroatoms. The zero-order valence-corrected chi connectivity index (χ0v) is 41.4. The lowest BCUT2D eigenvalue weighted by atomic mass is 9.95. The second-order valence-corrected chi connectivity index (χ2v) is 19.2. The maximum atomic E-state index is 14.6. The van der Waals surface area contributed by atoms with Gasteiger partial charge in [0.25, 0.3) is 18.1 Å². The number of carboxylic acid groups (broad SMARTS) is 1. The number of aliphatic hydroxyl groups excluding tert-OH is 7. The first kappa shape index (κ1) is 53.9. The molecule has 11 atom stereocenters. The summed E-state index contributed by atoms with van der Waals surface area (Å²) in [5, 5.41) is 86.3. The van der Waals surface area contributed by atoms with Gasteiger partial charge in [0.1, 0.15) is 54.2 Å². The van der Waals surface area contributed by atoms with E-state index in [1.807, 2.05) is 6.92 Å². The minimum atomic E-state index is -5.25. The number of benzene rings is 4. The molecule has 74 heavy (non-hydrogen) atoms. The number of nitrogens with zero attached hydrogens (tertiary/aromatic N) is 3. The first-order valence-corrected chi connectivity index (χ1v) is 24.8. The molecule has 9 N–H and O–H groups in total. The number of carboxylic acids is 1. The van der Waals surface area contributed by atoms with Gasteiger partial charge in [0.05, 0.1) is 25.1 Å². The standard InChI is InChI=1S/C48H53ClN4O20S/c1-5-12-52(3)44(61)23-7-11-32(68-47-41(59)38(56)37(55)35(20-54)69-47)34(15-23)73-74(65,66)72-33-17-31-36(28-16-26(67-4)8-9-27(28)33)25(18-49)19-53(31)45(62)30-14-24-13-22(6-10-29(24)50-30)21(2)51-71-48-42(60)39(57)40(58)43(70-48)46(63)64/h6-11,13-17,25,35,37-43,47-48,50,54-60H,5,12,18-20H2,1-4H3,(H,63,64)/b51-21+/t25-,35-,37-,38+,39+,40+,41-,42-,43+,47-,48+/m1/s1. The van der Waals surface area contributed by atoms with E-state index in [-0.39, 0.29) is 46.2 Å². The molecule has 4 heterocycles. The lowest BCUT2D eigenvalue weighted by Crippen LogP contribution is -2.60. The Morgan fingerprint density at radius 3 is 2.23 bits per heavy atom. The Labute approximate surface area is 426 Å². The van der Waals surface area contributed by atoms with Crippen molar-refractivity contribution < 1.29 is 95.8 Å². The van der Waals surface area contributed by atoms with Crippen LogP contribution in [0, 0.1) is 0 Å². The number of halogens is 1. The number of oxime groups is 1. The number of ether oxygens (including phenoxy) is 4. The van der Waals surface area contributed by atoms with Gasteiger partial charge >= 0.3 is 16.4 Å². The number of hydrogen-bond acceptors (Lipinski definition) is 20. The topological polar surface area (TPSA) is 346 Å². The number of rotatable bonds is 17. The van der Waals surface area contributed by atoms with E-state index in [4.69, 9.17) is 43.8 Å². The zero-order chi connectivity index (χ0) is 53.5. The fraction of sp³-hybridized carbons (Fsp3) is 0.417. The van der Waals surface area contributed by atoms with Crippen molar-refractivity contribution in [1.29, 1.82) is 0 Å². The number of aromatic nitrogens is 1. The van der Waals surface area contributed by atoms with Gasteiger partial charge < -0.3 is 87.8 Å². The van der Waals surface area contributed by atoms with Crippen LogP contribution in [0.25, 0.3) is 21.7 Å². The molecule has 3 aliphatic rings. The van der Waals surface area contributed by atoms with E-state index < -0.39 is 114 Å². The fourth-order valence-electron chi connectivity index (χ4n) is 8.88. The quantitative estimate of drug-likeness (QED) is 0.0360. The van der Waals surface area contributed by atoms with Gasteiger partial charge in [-0.05, 0) is 84.5 Å². The molecule has 0 unspecified atom stereocenters. The summed E-state index contributed by atoms with van der Waals surface area (Å²) in [6, 6.07) is 16.1. The molecule has 8 rings (SSSR count). The number of carbonyl (C=O) groups is 3. The van der Waals surface area contributed by atoms with Crippen LogP contribution in [-0.2, 0) is 29.5 Å². The predicted octanol–water partition coefficient (Wildman–Crippen LogP) is 1.31. The van der Waals surface area contributed by atoms with Crippen molar-refractivity contribution in [2.45, 2.75) is 87.6 Å². The minimum absolute atomic E-state index is 0.0284. The van der Waals surface area contributed by atoms with E-state index in [0.29, 0.717) is 46.1 Å². The van der Waals surface area contributed by atoms with E-state index in [9.17, 15) is 63.7 Å². The Bertz CT molecular complexity index is 3080. The van der Waals surface area contributed by atoms with Gasteiger partial charge in [-0.25, -0.2) is 4.79 Å². The van der Waals surface area contributed by atoms with Crippen LogP contribution in [0.5, 0.6) is 23.0 Å². The molecule has 2 fully saturated rings. The molecule has 24 nitrogen and oxygen atoms in total. The number of anilines is 1. The fourth-order valence-corrected chi connectivity index (χ4v) is 9.88. The van der Waals surface area contributed by atoms with Crippen LogP contribution in [0.15, 0.2) is 71.9 Å². The number of aliphatic carboxylic acids is 1. The molecule has 0 bridgehead atoms. The molecule has 5 aromatic rings. The average Bonchev–Trinajstić information content (AvgIpc) is 3.99.